The lowest BCUT2D eigenvalue weighted by Gasteiger charge is -2.24. The lowest BCUT2D eigenvalue weighted by Crippen LogP contribution is -2.44. The summed E-state index contributed by atoms with van der Waals surface area (Å²) in [5.41, 5.74) is 6.63. The predicted molar refractivity (Wildman–Crippen MR) is 101 cm³/mol. The minimum Gasteiger partial charge on any atom is -0.406 e. The summed E-state index contributed by atoms with van der Waals surface area (Å²) in [6.45, 7) is 1.15. The first-order valence-corrected chi connectivity index (χ1v) is 7.80. The monoisotopic (exact) mass is 481 g/mol. The molecule has 0 amide bonds. The van der Waals surface area contributed by atoms with Crippen LogP contribution in [0.3, 0.4) is 0 Å². The van der Waals surface area contributed by atoms with Gasteiger partial charge in [-0.2, -0.15) is 0 Å². The number of hydrogen-bond acceptors (Lipinski definition) is 3. The Balaban J connectivity index is 0.00000243. The molecule has 1 aliphatic rings. The molecule has 0 aliphatic carbocycles. The highest BCUT2D eigenvalue weighted by atomic mass is 127. The van der Waals surface area contributed by atoms with Gasteiger partial charge < -0.3 is 20.4 Å². The van der Waals surface area contributed by atoms with Gasteiger partial charge >= 0.3 is 6.36 Å². The molecule has 1 aliphatic heterocycles. The fraction of sp³-hybridized carbons (Fsp3) is 0.375. The molecule has 2 heterocycles. The van der Waals surface area contributed by atoms with E-state index in [0.29, 0.717) is 5.96 Å². The average Bonchev–Trinajstić information content (AvgIpc) is 3.00. The number of nitrogens with two attached hydrogens (primary N) is 1. The number of aliphatic imine (C=N–C) groups is 1. The van der Waals surface area contributed by atoms with Crippen molar-refractivity contribution < 1.29 is 17.9 Å². The standard InChI is InChI=1S/C16H18F3N5O.HI/c17-16(18,19)25-13-3-1-11(2-4-13)10-22-15(20)23-12-5-7-24-8-6-21-14(24)9-12;/h1-4,6,8,12H,5,7,9-10H2,(H3,20,22,23);1H. The van der Waals surface area contributed by atoms with Crippen LogP contribution in [0.1, 0.15) is 17.8 Å². The number of halogens is 4. The number of aryl methyl sites for hydroxylation is 1. The molecule has 0 spiro atoms. The van der Waals surface area contributed by atoms with Crippen LogP contribution in [0, 0.1) is 0 Å². The van der Waals surface area contributed by atoms with E-state index in [1.54, 1.807) is 6.20 Å². The van der Waals surface area contributed by atoms with Crippen LogP contribution in [-0.4, -0.2) is 27.9 Å². The van der Waals surface area contributed by atoms with Crippen molar-refractivity contribution in [1.29, 1.82) is 0 Å². The summed E-state index contributed by atoms with van der Waals surface area (Å²) in [4.78, 5) is 8.52. The minimum absolute atomic E-state index is 0. The van der Waals surface area contributed by atoms with Crippen molar-refractivity contribution in [3.05, 3.63) is 48.0 Å². The van der Waals surface area contributed by atoms with E-state index in [0.717, 1.165) is 30.8 Å². The Kier molecular flexibility index (Phi) is 6.73. The number of benzene rings is 1. The summed E-state index contributed by atoms with van der Waals surface area (Å²) < 4.78 is 42.3. The van der Waals surface area contributed by atoms with Gasteiger partial charge in [-0.25, -0.2) is 9.98 Å². The zero-order valence-electron chi connectivity index (χ0n) is 13.7. The molecule has 0 bridgehead atoms. The molecule has 1 atom stereocenters. The average molecular weight is 481 g/mol. The Labute approximate surface area is 165 Å². The van der Waals surface area contributed by atoms with Gasteiger partial charge in [-0.15, -0.1) is 37.1 Å². The van der Waals surface area contributed by atoms with Gasteiger partial charge in [0.25, 0.3) is 0 Å². The summed E-state index contributed by atoms with van der Waals surface area (Å²) in [6.07, 6.45) is 0.731. The van der Waals surface area contributed by atoms with E-state index >= 15 is 0 Å². The molecular weight excluding hydrogens is 462 g/mol. The van der Waals surface area contributed by atoms with Crippen molar-refractivity contribution in [2.45, 2.75) is 38.3 Å². The summed E-state index contributed by atoms with van der Waals surface area (Å²) in [7, 11) is 0. The highest BCUT2D eigenvalue weighted by molar-refractivity contribution is 14.0. The molecule has 0 fully saturated rings. The van der Waals surface area contributed by atoms with Gasteiger partial charge in [0, 0.05) is 31.4 Å². The third-order valence-corrected chi connectivity index (χ3v) is 3.89. The fourth-order valence-electron chi connectivity index (χ4n) is 2.70. The molecule has 0 radical (unpaired) electrons. The van der Waals surface area contributed by atoms with Gasteiger partial charge in [-0.3, -0.25) is 0 Å². The van der Waals surface area contributed by atoms with E-state index in [1.807, 2.05) is 6.20 Å². The summed E-state index contributed by atoms with van der Waals surface area (Å²) in [6, 6.07) is 5.72. The van der Waals surface area contributed by atoms with Crippen molar-refractivity contribution in [3.8, 4) is 5.75 Å². The molecule has 1 unspecified atom stereocenters. The van der Waals surface area contributed by atoms with Gasteiger partial charge in [-0.1, -0.05) is 12.1 Å². The highest BCUT2D eigenvalue weighted by Crippen LogP contribution is 2.22. The number of guanidine groups is 1. The van der Waals surface area contributed by atoms with Crippen LogP contribution >= 0.6 is 24.0 Å². The Morgan fingerprint density at radius 2 is 2.08 bits per heavy atom. The second-order valence-corrected chi connectivity index (χ2v) is 5.76. The second-order valence-electron chi connectivity index (χ2n) is 5.76. The van der Waals surface area contributed by atoms with E-state index < -0.39 is 6.36 Å². The third-order valence-electron chi connectivity index (χ3n) is 3.89. The number of ether oxygens (including phenoxy) is 1. The zero-order valence-corrected chi connectivity index (χ0v) is 16.1. The highest BCUT2D eigenvalue weighted by Gasteiger charge is 2.30. The van der Waals surface area contributed by atoms with Gasteiger partial charge in [0.05, 0.1) is 6.54 Å². The van der Waals surface area contributed by atoms with Gasteiger partial charge in [0.1, 0.15) is 11.6 Å². The third kappa shape index (κ3) is 5.78. The van der Waals surface area contributed by atoms with Crippen molar-refractivity contribution in [2.24, 2.45) is 10.7 Å². The van der Waals surface area contributed by atoms with Crippen LogP contribution in [0.2, 0.25) is 0 Å². The molecule has 2 aromatic rings. The molecule has 1 aromatic carbocycles. The van der Waals surface area contributed by atoms with Crippen molar-refractivity contribution >= 4 is 29.9 Å². The van der Waals surface area contributed by atoms with Crippen molar-refractivity contribution in [1.82, 2.24) is 14.9 Å². The van der Waals surface area contributed by atoms with Crippen molar-refractivity contribution in [3.63, 3.8) is 0 Å². The summed E-state index contributed by atoms with van der Waals surface area (Å²) >= 11 is 0. The Hall–Kier alpha value is -1.98. The van der Waals surface area contributed by atoms with Crippen molar-refractivity contribution in [2.75, 3.05) is 0 Å². The number of imidazole rings is 1. The maximum absolute atomic E-state index is 12.1. The Morgan fingerprint density at radius 3 is 2.77 bits per heavy atom. The summed E-state index contributed by atoms with van der Waals surface area (Å²) in [5.74, 6) is 1.06. The number of alkyl halides is 3. The normalized spacial score (nSPS) is 17.2. The lowest BCUT2D eigenvalue weighted by atomic mass is 10.1. The van der Waals surface area contributed by atoms with Crippen LogP contribution in [0.5, 0.6) is 5.75 Å². The maximum Gasteiger partial charge on any atom is 0.573 e. The minimum atomic E-state index is -4.69. The summed E-state index contributed by atoms with van der Waals surface area (Å²) in [5, 5.41) is 3.16. The van der Waals surface area contributed by atoms with E-state index in [1.165, 1.54) is 24.3 Å². The first-order chi connectivity index (χ1) is 11.9. The molecule has 26 heavy (non-hydrogen) atoms. The number of nitrogens with zero attached hydrogens (tertiary/aromatic N) is 3. The topological polar surface area (TPSA) is 77.5 Å². The second kappa shape index (κ2) is 8.60. The van der Waals surface area contributed by atoms with E-state index in [-0.39, 0.29) is 42.3 Å². The molecule has 1 aromatic heterocycles. The number of hydrogen-bond donors (Lipinski definition) is 2. The molecule has 6 nitrogen and oxygen atoms in total. The first kappa shape index (κ1) is 20.3. The van der Waals surface area contributed by atoms with Gasteiger partial charge in [0.2, 0.25) is 0 Å². The lowest BCUT2D eigenvalue weighted by molar-refractivity contribution is -0.274. The maximum atomic E-state index is 12.1. The largest absolute Gasteiger partial charge is 0.573 e. The quantitative estimate of drug-likeness (QED) is 0.400. The number of fused-ring (bicyclic) bond motifs is 1. The number of rotatable bonds is 4. The van der Waals surface area contributed by atoms with Crippen LogP contribution < -0.4 is 15.8 Å². The first-order valence-electron chi connectivity index (χ1n) is 7.80. The molecule has 3 rings (SSSR count). The molecule has 0 saturated carbocycles. The SMILES string of the molecule is I.NC(=NCc1ccc(OC(F)(F)F)cc1)NC1CCn2ccnc2C1. The zero-order chi connectivity index (χ0) is 17.9. The van der Waals surface area contributed by atoms with Gasteiger partial charge in [-0.05, 0) is 24.1 Å². The van der Waals surface area contributed by atoms with Crippen LogP contribution in [0.4, 0.5) is 13.2 Å². The van der Waals surface area contributed by atoms with Crippen LogP contribution in [0.15, 0.2) is 41.7 Å². The van der Waals surface area contributed by atoms with Crippen LogP contribution in [-0.2, 0) is 19.5 Å². The Bertz CT molecular complexity index is 745. The van der Waals surface area contributed by atoms with Crippen LogP contribution in [0.25, 0.3) is 0 Å². The molecule has 142 valence electrons. The van der Waals surface area contributed by atoms with Gasteiger partial charge in [0.15, 0.2) is 5.96 Å². The van der Waals surface area contributed by atoms with E-state index in [2.05, 4.69) is 24.6 Å². The molecule has 3 N–H and O–H groups in total. The predicted octanol–water partition coefficient (Wildman–Crippen LogP) is 2.82. The Morgan fingerprint density at radius 1 is 1.35 bits per heavy atom. The van der Waals surface area contributed by atoms with E-state index in [4.69, 9.17) is 5.73 Å². The smallest absolute Gasteiger partial charge is 0.406 e. The molecule has 10 heteroatoms. The number of nitrogens with one attached hydrogen (secondary N) is 1. The van der Waals surface area contributed by atoms with E-state index in [9.17, 15) is 13.2 Å². The molecule has 0 saturated heterocycles. The fourth-order valence-corrected chi connectivity index (χ4v) is 2.70. The number of aromatic nitrogens is 2. The molecular formula is C16H19F3IN5O.